The molecule has 0 unspecified atom stereocenters. The fourth-order valence-electron chi connectivity index (χ4n) is 2.97. The smallest absolute Gasteiger partial charge is 0.0191 e. The van der Waals surface area contributed by atoms with E-state index < -0.39 is 0 Å². The van der Waals surface area contributed by atoms with E-state index in [4.69, 9.17) is 0 Å². The van der Waals surface area contributed by atoms with Crippen LogP contribution in [0, 0.1) is 0 Å². The van der Waals surface area contributed by atoms with Gasteiger partial charge in [-0.25, -0.2) is 0 Å². The Morgan fingerprint density at radius 1 is 0.545 bits per heavy atom. The number of hydrogen-bond acceptors (Lipinski definition) is 2. The number of benzene rings is 3. The molecule has 0 fully saturated rings. The van der Waals surface area contributed by atoms with E-state index >= 15 is 0 Å². The molecule has 1 heterocycles. The number of rotatable bonds is 0. The average molecular weight is 322 g/mol. The predicted octanol–water partition coefficient (Wildman–Crippen LogP) is 6.02. The zero-order valence-corrected chi connectivity index (χ0v) is 14.1. The van der Waals surface area contributed by atoms with E-state index in [2.05, 4.69) is 60.7 Å². The first-order valence-electron chi connectivity index (χ1n) is 7.62. The minimum absolute atomic E-state index is 1.10. The molecule has 0 saturated carbocycles. The van der Waals surface area contributed by atoms with E-state index in [0.29, 0.717) is 0 Å². The van der Waals surface area contributed by atoms with Gasteiger partial charge in [0.2, 0.25) is 0 Å². The van der Waals surface area contributed by atoms with E-state index in [-0.39, 0.29) is 0 Å². The molecule has 3 aromatic carbocycles. The van der Waals surface area contributed by atoms with Crippen molar-refractivity contribution < 1.29 is 0 Å². The van der Waals surface area contributed by atoms with Crippen molar-refractivity contribution in [2.75, 3.05) is 0 Å². The van der Waals surface area contributed by atoms with Crippen LogP contribution in [-0.4, -0.2) is 0 Å². The Labute approximate surface area is 140 Å². The van der Waals surface area contributed by atoms with Crippen LogP contribution in [-0.2, 0) is 23.0 Å². The van der Waals surface area contributed by atoms with Crippen molar-refractivity contribution in [3.05, 3.63) is 82.9 Å². The van der Waals surface area contributed by atoms with Crippen molar-refractivity contribution in [1.29, 1.82) is 0 Å². The lowest BCUT2D eigenvalue weighted by Gasteiger charge is -2.11. The topological polar surface area (TPSA) is 0 Å². The number of hydrogen-bond donors (Lipinski definition) is 0. The molecular weight excluding hydrogens is 304 g/mol. The summed E-state index contributed by atoms with van der Waals surface area (Å²) in [6, 6.07) is 22.6. The largest absolute Gasteiger partial charge is 0.152 e. The highest BCUT2D eigenvalue weighted by molar-refractivity contribution is 7.98. The van der Waals surface area contributed by atoms with E-state index in [9.17, 15) is 0 Å². The molecule has 0 atom stereocenters. The maximum Gasteiger partial charge on any atom is 0.0191 e. The van der Waals surface area contributed by atoms with Crippen LogP contribution in [0.25, 0.3) is 10.8 Å². The lowest BCUT2D eigenvalue weighted by molar-refractivity contribution is 1.29. The molecule has 22 heavy (non-hydrogen) atoms. The van der Waals surface area contributed by atoms with Crippen LogP contribution in [0.1, 0.15) is 22.3 Å². The van der Waals surface area contributed by atoms with Crippen LogP contribution >= 0.6 is 23.5 Å². The SMILES string of the molecule is c1cc2cc(c1)CSCc1cc3ccccc3cc1CSC2. The van der Waals surface area contributed by atoms with E-state index in [1.807, 2.05) is 23.5 Å². The lowest BCUT2D eigenvalue weighted by atomic mass is 10.0. The monoisotopic (exact) mass is 322 g/mol. The zero-order valence-electron chi connectivity index (χ0n) is 12.4. The molecule has 0 nitrogen and oxygen atoms in total. The van der Waals surface area contributed by atoms with E-state index in [1.165, 1.54) is 33.0 Å². The first-order chi connectivity index (χ1) is 10.9. The maximum atomic E-state index is 2.39. The second kappa shape index (κ2) is 6.39. The minimum Gasteiger partial charge on any atom is -0.152 e. The van der Waals surface area contributed by atoms with Crippen molar-refractivity contribution in [2.24, 2.45) is 0 Å². The fourth-order valence-corrected chi connectivity index (χ4v) is 4.98. The van der Waals surface area contributed by atoms with Crippen molar-refractivity contribution in [1.82, 2.24) is 0 Å². The molecule has 110 valence electrons. The Morgan fingerprint density at radius 2 is 1.09 bits per heavy atom. The molecule has 0 amide bonds. The molecule has 0 aliphatic carbocycles. The van der Waals surface area contributed by atoms with Crippen LogP contribution in [0.2, 0.25) is 0 Å². The summed E-state index contributed by atoms with van der Waals surface area (Å²) in [5.41, 5.74) is 5.91. The molecule has 0 aromatic heterocycles. The van der Waals surface area contributed by atoms with Crippen molar-refractivity contribution in [2.45, 2.75) is 23.0 Å². The third-order valence-corrected chi connectivity index (χ3v) is 6.22. The summed E-state index contributed by atoms with van der Waals surface area (Å²) in [5, 5.41) is 2.73. The number of thioether (sulfide) groups is 2. The van der Waals surface area contributed by atoms with Crippen LogP contribution in [0.15, 0.2) is 60.7 Å². The quantitative estimate of drug-likeness (QED) is 0.496. The molecular formula is C20H18S2. The Morgan fingerprint density at radius 3 is 1.64 bits per heavy atom. The first kappa shape index (κ1) is 14.2. The summed E-state index contributed by atoms with van der Waals surface area (Å²) in [7, 11) is 0. The highest BCUT2D eigenvalue weighted by Crippen LogP contribution is 2.30. The molecule has 0 N–H and O–H groups in total. The summed E-state index contributed by atoms with van der Waals surface area (Å²) < 4.78 is 0. The molecule has 0 spiro atoms. The van der Waals surface area contributed by atoms with Gasteiger partial charge in [0.15, 0.2) is 0 Å². The van der Waals surface area contributed by atoms with Crippen molar-refractivity contribution >= 4 is 34.3 Å². The van der Waals surface area contributed by atoms with Crippen LogP contribution in [0.5, 0.6) is 0 Å². The van der Waals surface area contributed by atoms with Gasteiger partial charge < -0.3 is 0 Å². The van der Waals surface area contributed by atoms with Gasteiger partial charge in [-0.05, 0) is 33.0 Å². The summed E-state index contributed by atoms with van der Waals surface area (Å²) in [6.45, 7) is 0. The Bertz CT molecular complexity index is 744. The second-order valence-electron chi connectivity index (χ2n) is 5.77. The van der Waals surface area contributed by atoms with Gasteiger partial charge in [-0.15, -0.1) is 0 Å². The van der Waals surface area contributed by atoms with Crippen molar-refractivity contribution in [3.8, 4) is 0 Å². The summed E-state index contributed by atoms with van der Waals surface area (Å²) >= 11 is 4.05. The Balaban J connectivity index is 1.71. The average Bonchev–Trinajstić information content (AvgIpc) is 2.57. The fraction of sp³-hybridized carbons (Fsp3) is 0.200. The number of fused-ring (bicyclic) bond motifs is 4. The first-order valence-corrected chi connectivity index (χ1v) is 9.93. The van der Waals surface area contributed by atoms with E-state index in [0.717, 1.165) is 23.0 Å². The van der Waals surface area contributed by atoms with Gasteiger partial charge in [-0.3, -0.25) is 0 Å². The summed E-state index contributed by atoms with van der Waals surface area (Å²) in [5.74, 6) is 4.41. The summed E-state index contributed by atoms with van der Waals surface area (Å²) in [6.07, 6.45) is 0. The molecule has 2 heteroatoms. The van der Waals surface area contributed by atoms with Gasteiger partial charge in [0.05, 0.1) is 0 Å². The van der Waals surface area contributed by atoms with Crippen LogP contribution in [0.4, 0.5) is 0 Å². The normalized spacial score (nSPS) is 15.1. The van der Waals surface area contributed by atoms with Gasteiger partial charge >= 0.3 is 0 Å². The molecule has 1 aliphatic rings. The molecule has 3 aromatic rings. The molecule has 0 saturated heterocycles. The zero-order chi connectivity index (χ0) is 14.8. The minimum atomic E-state index is 1.10. The van der Waals surface area contributed by atoms with Gasteiger partial charge in [0, 0.05) is 23.0 Å². The maximum absolute atomic E-state index is 2.39. The Kier molecular flexibility index (Phi) is 4.13. The molecule has 2 bridgehead atoms. The van der Waals surface area contributed by atoms with Gasteiger partial charge in [0.25, 0.3) is 0 Å². The van der Waals surface area contributed by atoms with Crippen LogP contribution < -0.4 is 0 Å². The highest BCUT2D eigenvalue weighted by Gasteiger charge is 2.08. The van der Waals surface area contributed by atoms with Crippen LogP contribution in [0.3, 0.4) is 0 Å². The second-order valence-corrected chi connectivity index (χ2v) is 7.74. The molecule has 0 radical (unpaired) electrons. The predicted molar refractivity (Wildman–Crippen MR) is 100 cm³/mol. The molecule has 1 aliphatic heterocycles. The molecule has 4 rings (SSSR count). The standard InChI is InChI=1S/C20H18S2/c1-2-7-18-10-20-14-22-12-16-5-3-4-15(8-16)11-21-13-19(20)9-17(18)6-1/h1-10H,11-14H2. The Hall–Kier alpha value is -1.38. The lowest BCUT2D eigenvalue weighted by Crippen LogP contribution is -1.92. The van der Waals surface area contributed by atoms with Gasteiger partial charge in [0.1, 0.15) is 0 Å². The van der Waals surface area contributed by atoms with Gasteiger partial charge in [-0.2, -0.15) is 23.5 Å². The third kappa shape index (κ3) is 3.04. The van der Waals surface area contributed by atoms with Gasteiger partial charge in [-0.1, -0.05) is 60.7 Å². The third-order valence-electron chi connectivity index (χ3n) is 4.11. The highest BCUT2D eigenvalue weighted by atomic mass is 32.2. The van der Waals surface area contributed by atoms with E-state index in [1.54, 1.807) is 0 Å². The van der Waals surface area contributed by atoms with Crippen molar-refractivity contribution in [3.63, 3.8) is 0 Å². The summed E-state index contributed by atoms with van der Waals surface area (Å²) in [4.78, 5) is 0.